The topological polar surface area (TPSA) is 43.4 Å². The van der Waals surface area contributed by atoms with Gasteiger partial charge in [0.2, 0.25) is 0 Å². The number of rotatable bonds is 6. The van der Waals surface area contributed by atoms with Crippen LogP contribution in [0.1, 0.15) is 31.2 Å². The summed E-state index contributed by atoms with van der Waals surface area (Å²) in [5, 5.41) is 4.05. The van der Waals surface area contributed by atoms with Gasteiger partial charge in [-0.05, 0) is 37.5 Å². The second-order valence-corrected chi connectivity index (χ2v) is 5.21. The van der Waals surface area contributed by atoms with Crippen molar-refractivity contribution in [2.75, 3.05) is 20.1 Å². The lowest BCUT2D eigenvalue weighted by molar-refractivity contribution is 0.492. The van der Waals surface area contributed by atoms with Gasteiger partial charge in [-0.3, -0.25) is 0 Å². The summed E-state index contributed by atoms with van der Waals surface area (Å²) in [6, 6.07) is 4.16. The largest absolute Gasteiger partial charge is 0.370 e. The van der Waals surface area contributed by atoms with Gasteiger partial charge in [0.05, 0.1) is 17.6 Å². The van der Waals surface area contributed by atoms with Gasteiger partial charge in [-0.15, -0.1) is 0 Å². The third-order valence-electron chi connectivity index (χ3n) is 3.79. The van der Waals surface area contributed by atoms with E-state index < -0.39 is 0 Å². The zero-order valence-electron chi connectivity index (χ0n) is 12.9. The van der Waals surface area contributed by atoms with Gasteiger partial charge >= 0.3 is 0 Å². The molecule has 2 heterocycles. The second kappa shape index (κ2) is 6.97. The first-order valence-electron chi connectivity index (χ1n) is 7.34. The van der Waals surface area contributed by atoms with Gasteiger partial charge in [-0.25, -0.2) is 0 Å². The molecule has 1 aliphatic rings. The molecule has 0 spiro atoms. The van der Waals surface area contributed by atoms with E-state index in [1.165, 1.54) is 12.8 Å². The van der Waals surface area contributed by atoms with Crippen LogP contribution < -0.4 is 5.43 Å². The average Bonchev–Trinajstić information content (AvgIpc) is 3.16. The molecule has 0 bridgehead atoms. The third kappa shape index (κ3) is 3.45. The van der Waals surface area contributed by atoms with Gasteiger partial charge in [-0.1, -0.05) is 19.2 Å². The smallest absolute Gasteiger partial charge is 0.0616 e. The van der Waals surface area contributed by atoms with Gasteiger partial charge in [0.1, 0.15) is 0 Å². The van der Waals surface area contributed by atoms with Crippen molar-refractivity contribution in [3.63, 3.8) is 0 Å². The fourth-order valence-corrected chi connectivity index (χ4v) is 2.59. The minimum absolute atomic E-state index is 1.04. The van der Waals surface area contributed by atoms with Crippen LogP contribution in [0.4, 0.5) is 0 Å². The number of nitrogens with zero attached hydrogens (tertiary/aromatic N) is 2. The minimum atomic E-state index is 1.04. The highest BCUT2D eigenvalue weighted by atomic mass is 15.3. The maximum absolute atomic E-state index is 4.22. The van der Waals surface area contributed by atoms with E-state index in [0.717, 1.165) is 41.3 Å². The van der Waals surface area contributed by atoms with Crippen LogP contribution in [0.5, 0.6) is 0 Å². The SMILES string of the molecule is C=C/C(=C(C)\C=N/NC)c1ccc(C(=C)N2CCCC2)[nH]1. The zero-order valence-corrected chi connectivity index (χ0v) is 12.9. The summed E-state index contributed by atoms with van der Waals surface area (Å²) in [6.07, 6.45) is 6.16. The maximum Gasteiger partial charge on any atom is 0.0616 e. The lowest BCUT2D eigenvalue weighted by atomic mass is 10.1. The molecule has 4 nitrogen and oxygen atoms in total. The molecule has 0 aliphatic carbocycles. The van der Waals surface area contributed by atoms with Crippen LogP contribution >= 0.6 is 0 Å². The Balaban J connectivity index is 2.23. The predicted molar refractivity (Wildman–Crippen MR) is 91.0 cm³/mol. The van der Waals surface area contributed by atoms with Gasteiger partial charge in [-0.2, -0.15) is 5.10 Å². The van der Waals surface area contributed by atoms with Crippen molar-refractivity contribution >= 4 is 17.5 Å². The fraction of sp³-hybridized carbons (Fsp3) is 0.353. The molecule has 2 N–H and O–H groups in total. The zero-order chi connectivity index (χ0) is 15.2. The summed E-state index contributed by atoms with van der Waals surface area (Å²) in [5.41, 5.74) is 8.05. The summed E-state index contributed by atoms with van der Waals surface area (Å²) in [7, 11) is 1.78. The van der Waals surface area contributed by atoms with Crippen LogP contribution in [-0.4, -0.2) is 36.2 Å². The van der Waals surface area contributed by atoms with Crippen molar-refractivity contribution < 1.29 is 0 Å². The summed E-state index contributed by atoms with van der Waals surface area (Å²) < 4.78 is 0. The maximum atomic E-state index is 4.22. The van der Waals surface area contributed by atoms with Crippen molar-refractivity contribution in [3.8, 4) is 0 Å². The van der Waals surface area contributed by atoms with E-state index in [-0.39, 0.29) is 0 Å². The number of hydrazone groups is 1. The fourth-order valence-electron chi connectivity index (χ4n) is 2.59. The van der Waals surface area contributed by atoms with E-state index in [0.29, 0.717) is 0 Å². The molecule has 2 rings (SSSR count). The molecular weight excluding hydrogens is 260 g/mol. The standard InChI is InChI=1S/C17H24N4/c1-5-15(13(2)12-19-18-4)17-9-8-16(20-17)14(3)21-10-6-7-11-21/h5,8-9,12,18,20H,1,3,6-7,10-11H2,2,4H3/b15-13+,19-12-. The van der Waals surface area contributed by atoms with E-state index in [4.69, 9.17) is 0 Å². The highest BCUT2D eigenvalue weighted by Crippen LogP contribution is 2.25. The molecule has 1 saturated heterocycles. The molecule has 1 aliphatic heterocycles. The molecule has 0 unspecified atom stereocenters. The van der Waals surface area contributed by atoms with Crippen molar-refractivity contribution in [1.29, 1.82) is 0 Å². The molecule has 1 aromatic heterocycles. The Morgan fingerprint density at radius 2 is 2.00 bits per heavy atom. The molecule has 21 heavy (non-hydrogen) atoms. The first kappa shape index (κ1) is 15.2. The Labute approximate surface area is 126 Å². The van der Waals surface area contributed by atoms with Crippen molar-refractivity contribution in [2.24, 2.45) is 5.10 Å². The first-order valence-corrected chi connectivity index (χ1v) is 7.34. The second-order valence-electron chi connectivity index (χ2n) is 5.21. The predicted octanol–water partition coefficient (Wildman–Crippen LogP) is 3.25. The Kier molecular flexibility index (Phi) is 5.04. The molecule has 4 heteroatoms. The lowest BCUT2D eigenvalue weighted by Crippen LogP contribution is -2.16. The summed E-state index contributed by atoms with van der Waals surface area (Å²) in [6.45, 7) is 12.3. The molecular formula is C17H24N4. The van der Waals surface area contributed by atoms with Gasteiger partial charge in [0.15, 0.2) is 0 Å². The normalized spacial score (nSPS) is 16.2. The minimum Gasteiger partial charge on any atom is -0.370 e. The van der Waals surface area contributed by atoms with Crippen LogP contribution in [-0.2, 0) is 0 Å². The molecule has 1 aromatic rings. The van der Waals surface area contributed by atoms with Crippen LogP contribution in [0.2, 0.25) is 0 Å². The number of hydrogen-bond acceptors (Lipinski definition) is 3. The Bertz CT molecular complexity index is 571. The van der Waals surface area contributed by atoms with Crippen molar-refractivity contribution in [1.82, 2.24) is 15.3 Å². The molecule has 0 atom stereocenters. The summed E-state index contributed by atoms with van der Waals surface area (Å²) >= 11 is 0. The number of hydrogen-bond donors (Lipinski definition) is 2. The molecule has 112 valence electrons. The van der Waals surface area contributed by atoms with E-state index >= 15 is 0 Å². The van der Waals surface area contributed by atoms with Crippen LogP contribution in [0.25, 0.3) is 11.3 Å². The highest BCUT2D eigenvalue weighted by Gasteiger charge is 2.16. The molecule has 0 radical (unpaired) electrons. The monoisotopic (exact) mass is 284 g/mol. The highest BCUT2D eigenvalue weighted by molar-refractivity contribution is 5.93. The molecule has 0 saturated carbocycles. The first-order chi connectivity index (χ1) is 10.2. The van der Waals surface area contributed by atoms with E-state index in [1.807, 2.05) is 13.0 Å². The number of H-pyrrole nitrogens is 1. The summed E-state index contributed by atoms with van der Waals surface area (Å²) in [4.78, 5) is 5.78. The Morgan fingerprint density at radius 3 is 2.62 bits per heavy atom. The van der Waals surface area contributed by atoms with Crippen molar-refractivity contribution in [3.05, 3.63) is 48.3 Å². The average molecular weight is 284 g/mol. The van der Waals surface area contributed by atoms with Gasteiger partial charge in [0, 0.05) is 31.4 Å². The number of aromatic amines is 1. The Morgan fingerprint density at radius 1 is 1.33 bits per heavy atom. The number of nitrogens with one attached hydrogen (secondary N) is 2. The Hall–Kier alpha value is -2.23. The van der Waals surface area contributed by atoms with Gasteiger partial charge < -0.3 is 15.3 Å². The molecule has 0 aromatic carbocycles. The van der Waals surface area contributed by atoms with Crippen molar-refractivity contribution in [2.45, 2.75) is 19.8 Å². The summed E-state index contributed by atoms with van der Waals surface area (Å²) in [5.74, 6) is 0. The molecule has 0 amide bonds. The molecule has 1 fully saturated rings. The number of likely N-dealkylation sites (tertiary alicyclic amines) is 1. The quantitative estimate of drug-likeness (QED) is 0.478. The van der Waals surface area contributed by atoms with Gasteiger partial charge in [0.25, 0.3) is 0 Å². The number of aromatic nitrogens is 1. The lowest BCUT2D eigenvalue weighted by Gasteiger charge is -2.19. The third-order valence-corrected chi connectivity index (χ3v) is 3.79. The van der Waals surface area contributed by atoms with Crippen LogP contribution in [0.3, 0.4) is 0 Å². The van der Waals surface area contributed by atoms with Crippen LogP contribution in [0, 0.1) is 0 Å². The van der Waals surface area contributed by atoms with E-state index in [1.54, 1.807) is 13.3 Å². The van der Waals surface area contributed by atoms with E-state index in [2.05, 4.69) is 45.7 Å². The number of allylic oxidation sites excluding steroid dienone is 3. The van der Waals surface area contributed by atoms with E-state index in [9.17, 15) is 0 Å². The van der Waals surface area contributed by atoms with Crippen LogP contribution in [0.15, 0.2) is 42.0 Å².